The van der Waals surface area contributed by atoms with Crippen LogP contribution in [0.5, 0.6) is 5.75 Å². The molecule has 0 aliphatic carbocycles. The number of rotatable bonds is 8. The molecule has 2 heterocycles. The van der Waals surface area contributed by atoms with Gasteiger partial charge in [-0.05, 0) is 63.1 Å². The van der Waals surface area contributed by atoms with Gasteiger partial charge >= 0.3 is 0 Å². The number of carbonyl (C=O) groups excluding carboxylic acids is 1. The van der Waals surface area contributed by atoms with Crippen LogP contribution in [0.3, 0.4) is 0 Å². The van der Waals surface area contributed by atoms with Gasteiger partial charge < -0.3 is 9.47 Å². The van der Waals surface area contributed by atoms with Crippen molar-refractivity contribution in [2.24, 2.45) is 0 Å². The molecule has 1 aliphatic heterocycles. The van der Waals surface area contributed by atoms with Gasteiger partial charge in [-0.2, -0.15) is 0 Å². The molecule has 1 amide bonds. The Balaban J connectivity index is 1.58. The molecule has 1 saturated heterocycles. The largest absolute Gasteiger partial charge is 0.491 e. The third-order valence-corrected chi connectivity index (χ3v) is 7.13. The van der Waals surface area contributed by atoms with Gasteiger partial charge in [-0.15, -0.1) is 0 Å². The van der Waals surface area contributed by atoms with Crippen molar-refractivity contribution >= 4 is 44.2 Å². The van der Waals surface area contributed by atoms with E-state index in [1.807, 2.05) is 57.2 Å². The van der Waals surface area contributed by atoms with E-state index in [9.17, 15) is 4.79 Å². The van der Waals surface area contributed by atoms with Gasteiger partial charge in [0.05, 0.1) is 34.6 Å². The molecule has 1 fully saturated rings. The summed E-state index contributed by atoms with van der Waals surface area (Å²) >= 11 is 7.91. The Kier molecular flexibility index (Phi) is 7.86. The highest BCUT2D eigenvalue weighted by Crippen LogP contribution is 2.36. The van der Waals surface area contributed by atoms with Crippen molar-refractivity contribution in [2.75, 3.05) is 44.3 Å². The van der Waals surface area contributed by atoms with Crippen LogP contribution < -0.4 is 9.64 Å². The summed E-state index contributed by atoms with van der Waals surface area (Å²) in [5, 5.41) is 1.34. The molecule has 1 aliphatic rings. The predicted molar refractivity (Wildman–Crippen MR) is 135 cm³/mol. The lowest BCUT2D eigenvalue weighted by Gasteiger charge is -2.27. The summed E-state index contributed by atoms with van der Waals surface area (Å²) in [6.45, 7) is 10.9. The van der Waals surface area contributed by atoms with Crippen LogP contribution >= 0.6 is 22.9 Å². The number of fused-ring (bicyclic) bond motifs is 1. The number of hydrogen-bond acceptors (Lipinski definition) is 6. The number of hydrogen-bond donors (Lipinski definition) is 0. The number of amides is 1. The molecule has 0 spiro atoms. The van der Waals surface area contributed by atoms with Crippen LogP contribution in [0.25, 0.3) is 10.2 Å². The predicted octanol–water partition coefficient (Wildman–Crippen LogP) is 5.41. The number of nitrogens with zero attached hydrogens (tertiary/aromatic N) is 3. The van der Waals surface area contributed by atoms with Gasteiger partial charge in [-0.25, -0.2) is 4.98 Å². The van der Waals surface area contributed by atoms with Crippen molar-refractivity contribution in [1.29, 1.82) is 0 Å². The van der Waals surface area contributed by atoms with Crippen molar-refractivity contribution in [1.82, 2.24) is 9.88 Å². The summed E-state index contributed by atoms with van der Waals surface area (Å²) in [6, 6.07) is 11.2. The van der Waals surface area contributed by atoms with Crippen LogP contribution in [0.1, 0.15) is 36.2 Å². The van der Waals surface area contributed by atoms with E-state index in [4.69, 9.17) is 26.1 Å². The molecule has 176 valence electrons. The Labute approximate surface area is 204 Å². The molecular formula is C25H30ClN3O3S. The van der Waals surface area contributed by atoms with Crippen molar-refractivity contribution in [3.05, 3.63) is 52.5 Å². The van der Waals surface area contributed by atoms with Crippen LogP contribution in [0.4, 0.5) is 5.13 Å². The molecule has 6 nitrogen and oxygen atoms in total. The summed E-state index contributed by atoms with van der Waals surface area (Å²) in [6.07, 6.45) is 0.933. The molecule has 0 radical (unpaired) electrons. The maximum absolute atomic E-state index is 13.6. The lowest BCUT2D eigenvalue weighted by Crippen LogP contribution is -2.39. The Morgan fingerprint density at radius 3 is 2.61 bits per heavy atom. The summed E-state index contributed by atoms with van der Waals surface area (Å²) in [5.74, 6) is 0.684. The first-order chi connectivity index (χ1) is 15.9. The second kappa shape index (κ2) is 10.8. The number of aryl methyl sites for hydroxylation is 1. The van der Waals surface area contributed by atoms with Crippen LogP contribution in [0.2, 0.25) is 5.02 Å². The van der Waals surface area contributed by atoms with Gasteiger partial charge in [-0.3, -0.25) is 14.6 Å². The zero-order valence-electron chi connectivity index (χ0n) is 19.3. The Morgan fingerprint density at radius 2 is 1.94 bits per heavy atom. The SMILES string of the molecule is Cc1ccc(Cl)c2sc(N(CCCN3CCOCC3)C(=O)c3ccc(OC(C)C)cc3)nc12. The molecule has 0 unspecified atom stereocenters. The monoisotopic (exact) mass is 487 g/mol. The Morgan fingerprint density at radius 1 is 1.21 bits per heavy atom. The number of halogens is 1. The van der Waals surface area contributed by atoms with Crippen molar-refractivity contribution < 1.29 is 14.3 Å². The lowest BCUT2D eigenvalue weighted by molar-refractivity contribution is 0.0376. The van der Waals surface area contributed by atoms with Crippen molar-refractivity contribution in [3.63, 3.8) is 0 Å². The number of thiazole rings is 1. The first-order valence-electron chi connectivity index (χ1n) is 11.4. The molecule has 2 aromatic carbocycles. The quantitative estimate of drug-likeness (QED) is 0.425. The molecule has 1 aromatic heterocycles. The van der Waals surface area contributed by atoms with E-state index < -0.39 is 0 Å². The molecule has 4 rings (SSSR count). The van der Waals surface area contributed by atoms with Gasteiger partial charge in [-0.1, -0.05) is 29.0 Å². The second-order valence-corrected chi connectivity index (χ2v) is 9.88. The molecule has 0 saturated carbocycles. The van der Waals surface area contributed by atoms with E-state index in [0.717, 1.165) is 60.8 Å². The molecule has 33 heavy (non-hydrogen) atoms. The minimum atomic E-state index is -0.0686. The normalized spacial score (nSPS) is 14.7. The minimum Gasteiger partial charge on any atom is -0.491 e. The number of carbonyl (C=O) groups is 1. The third kappa shape index (κ3) is 5.84. The molecule has 0 atom stereocenters. The average Bonchev–Trinajstić information content (AvgIpc) is 3.26. The molecule has 3 aromatic rings. The fraction of sp³-hybridized carbons (Fsp3) is 0.440. The molecular weight excluding hydrogens is 458 g/mol. The van der Waals surface area contributed by atoms with Crippen LogP contribution in [-0.2, 0) is 4.74 Å². The lowest BCUT2D eigenvalue weighted by atomic mass is 10.2. The molecule has 8 heteroatoms. The Bertz CT molecular complexity index is 1060. The smallest absolute Gasteiger partial charge is 0.260 e. The van der Waals surface area contributed by atoms with E-state index in [-0.39, 0.29) is 12.0 Å². The highest BCUT2D eigenvalue weighted by atomic mass is 35.5. The average molecular weight is 488 g/mol. The van der Waals surface area contributed by atoms with Crippen LogP contribution in [-0.4, -0.2) is 61.3 Å². The first kappa shape index (κ1) is 24.0. The van der Waals surface area contributed by atoms with Gasteiger partial charge in [0.2, 0.25) is 0 Å². The second-order valence-electron chi connectivity index (χ2n) is 8.49. The number of ether oxygens (including phenoxy) is 2. The fourth-order valence-electron chi connectivity index (χ4n) is 3.87. The van der Waals surface area contributed by atoms with Gasteiger partial charge in [0, 0.05) is 31.7 Å². The third-order valence-electron chi connectivity index (χ3n) is 5.59. The number of benzene rings is 2. The zero-order chi connectivity index (χ0) is 23.4. The summed E-state index contributed by atoms with van der Waals surface area (Å²) in [5.41, 5.74) is 2.52. The van der Waals surface area contributed by atoms with Crippen molar-refractivity contribution in [3.8, 4) is 5.75 Å². The first-order valence-corrected chi connectivity index (χ1v) is 12.6. The summed E-state index contributed by atoms with van der Waals surface area (Å²) in [4.78, 5) is 22.6. The number of anilines is 1. The van der Waals surface area contributed by atoms with E-state index >= 15 is 0 Å². The zero-order valence-corrected chi connectivity index (χ0v) is 20.9. The topological polar surface area (TPSA) is 54.9 Å². The summed E-state index contributed by atoms with van der Waals surface area (Å²) < 4.78 is 12.1. The standard InChI is InChI=1S/C25H30ClN3O3S/c1-17(2)32-20-8-6-19(7-9-20)24(30)29(12-4-11-28-13-15-31-16-14-28)25-27-22-18(3)5-10-21(26)23(22)33-25/h5-10,17H,4,11-16H2,1-3H3. The summed E-state index contributed by atoms with van der Waals surface area (Å²) in [7, 11) is 0. The van der Waals surface area contributed by atoms with Crippen LogP contribution in [0.15, 0.2) is 36.4 Å². The molecule has 0 bridgehead atoms. The van der Waals surface area contributed by atoms with E-state index in [1.165, 1.54) is 11.3 Å². The van der Waals surface area contributed by atoms with Crippen LogP contribution in [0, 0.1) is 6.92 Å². The minimum absolute atomic E-state index is 0.0686. The Hall–Kier alpha value is -2.19. The number of morpholine rings is 1. The van der Waals surface area contributed by atoms with E-state index in [2.05, 4.69) is 4.90 Å². The highest BCUT2D eigenvalue weighted by molar-refractivity contribution is 7.23. The highest BCUT2D eigenvalue weighted by Gasteiger charge is 2.23. The fourth-order valence-corrected chi connectivity index (χ4v) is 5.21. The van der Waals surface area contributed by atoms with Gasteiger partial charge in [0.1, 0.15) is 5.75 Å². The maximum Gasteiger partial charge on any atom is 0.260 e. The van der Waals surface area contributed by atoms with E-state index in [1.54, 1.807) is 4.90 Å². The van der Waals surface area contributed by atoms with E-state index in [0.29, 0.717) is 22.3 Å². The molecule has 0 N–H and O–H groups in total. The van der Waals surface area contributed by atoms with Gasteiger partial charge in [0.25, 0.3) is 5.91 Å². The number of aromatic nitrogens is 1. The van der Waals surface area contributed by atoms with Crippen molar-refractivity contribution in [2.45, 2.75) is 33.3 Å². The maximum atomic E-state index is 13.6. The van der Waals surface area contributed by atoms with Gasteiger partial charge in [0.15, 0.2) is 5.13 Å².